The van der Waals surface area contributed by atoms with Gasteiger partial charge in [-0.25, -0.2) is 0 Å². The first kappa shape index (κ1) is 13.7. The van der Waals surface area contributed by atoms with Gasteiger partial charge in [-0.1, -0.05) is 13.3 Å². The Morgan fingerprint density at radius 3 is 2.71 bits per heavy atom. The number of hydrogen-bond acceptors (Lipinski definition) is 4. The molecule has 0 radical (unpaired) electrons. The summed E-state index contributed by atoms with van der Waals surface area (Å²) in [4.78, 5) is 11.5. The van der Waals surface area contributed by atoms with Crippen molar-refractivity contribution in [1.29, 1.82) is 0 Å². The van der Waals surface area contributed by atoms with E-state index in [1.54, 1.807) is 4.68 Å². The van der Waals surface area contributed by atoms with Crippen molar-refractivity contribution in [3.63, 3.8) is 0 Å². The lowest BCUT2D eigenvalue weighted by Gasteiger charge is -2.05. The Hall–Kier alpha value is -1.36. The highest BCUT2D eigenvalue weighted by molar-refractivity contribution is 5.69. The molecule has 5 nitrogen and oxygen atoms in total. The van der Waals surface area contributed by atoms with Crippen molar-refractivity contribution in [2.45, 2.75) is 46.8 Å². The summed E-state index contributed by atoms with van der Waals surface area (Å²) >= 11 is 0. The van der Waals surface area contributed by atoms with Gasteiger partial charge in [0.15, 0.2) is 0 Å². The van der Waals surface area contributed by atoms with E-state index < -0.39 is 0 Å². The molecule has 96 valence electrons. The SMILES string of the molecule is CCCCOC(=O)Cn1nc(C)c(CO)c1C. The van der Waals surface area contributed by atoms with Crippen molar-refractivity contribution >= 4 is 5.97 Å². The van der Waals surface area contributed by atoms with Crippen LogP contribution in [0.25, 0.3) is 0 Å². The van der Waals surface area contributed by atoms with E-state index in [-0.39, 0.29) is 19.1 Å². The van der Waals surface area contributed by atoms with Crippen molar-refractivity contribution in [3.05, 3.63) is 17.0 Å². The van der Waals surface area contributed by atoms with E-state index in [1.807, 2.05) is 20.8 Å². The minimum absolute atomic E-state index is 0.0530. The van der Waals surface area contributed by atoms with Gasteiger partial charge in [0.1, 0.15) is 6.54 Å². The van der Waals surface area contributed by atoms with Crippen LogP contribution in [-0.4, -0.2) is 27.5 Å². The largest absolute Gasteiger partial charge is 0.464 e. The molecule has 0 spiro atoms. The highest BCUT2D eigenvalue weighted by Crippen LogP contribution is 2.12. The molecule has 1 heterocycles. The smallest absolute Gasteiger partial charge is 0.327 e. The number of carbonyl (C=O) groups excluding carboxylic acids is 1. The zero-order valence-corrected chi connectivity index (χ0v) is 10.7. The predicted molar refractivity (Wildman–Crippen MR) is 63.5 cm³/mol. The Morgan fingerprint density at radius 1 is 1.47 bits per heavy atom. The van der Waals surface area contributed by atoms with Crippen molar-refractivity contribution in [3.8, 4) is 0 Å². The summed E-state index contributed by atoms with van der Waals surface area (Å²) in [6, 6.07) is 0. The van der Waals surface area contributed by atoms with Crippen molar-refractivity contribution < 1.29 is 14.6 Å². The van der Waals surface area contributed by atoms with Gasteiger partial charge in [-0.15, -0.1) is 0 Å². The van der Waals surface area contributed by atoms with Gasteiger partial charge >= 0.3 is 5.97 Å². The summed E-state index contributed by atoms with van der Waals surface area (Å²) in [6.45, 7) is 6.21. The number of nitrogens with zero attached hydrogens (tertiary/aromatic N) is 2. The fourth-order valence-corrected chi connectivity index (χ4v) is 1.62. The summed E-state index contributed by atoms with van der Waals surface area (Å²) < 4.78 is 6.64. The van der Waals surface area contributed by atoms with Crippen LogP contribution in [0, 0.1) is 13.8 Å². The molecule has 0 saturated heterocycles. The third-order valence-corrected chi connectivity index (χ3v) is 2.73. The molecule has 17 heavy (non-hydrogen) atoms. The number of hydrogen-bond donors (Lipinski definition) is 1. The molecule has 0 amide bonds. The molecular formula is C12H20N2O3. The van der Waals surface area contributed by atoms with E-state index >= 15 is 0 Å². The number of esters is 1. The van der Waals surface area contributed by atoms with Gasteiger partial charge in [-0.05, 0) is 20.3 Å². The Kier molecular flexibility index (Phi) is 5.15. The lowest BCUT2D eigenvalue weighted by molar-refractivity contribution is -0.144. The zero-order chi connectivity index (χ0) is 12.8. The van der Waals surface area contributed by atoms with Crippen molar-refractivity contribution in [2.75, 3.05) is 6.61 Å². The number of aryl methyl sites for hydroxylation is 1. The number of ether oxygens (including phenoxy) is 1. The highest BCUT2D eigenvalue weighted by Gasteiger charge is 2.13. The third kappa shape index (κ3) is 3.56. The number of rotatable bonds is 6. The summed E-state index contributed by atoms with van der Waals surface area (Å²) in [5.41, 5.74) is 2.36. The minimum Gasteiger partial charge on any atom is -0.464 e. The van der Waals surface area contributed by atoms with Gasteiger partial charge < -0.3 is 9.84 Å². The molecule has 5 heteroatoms. The van der Waals surface area contributed by atoms with Crippen LogP contribution in [0.2, 0.25) is 0 Å². The predicted octanol–water partition coefficient (Wildman–Crippen LogP) is 1.34. The molecule has 1 aromatic rings. The van der Waals surface area contributed by atoms with Crippen LogP contribution >= 0.6 is 0 Å². The molecule has 1 rings (SSSR count). The maximum atomic E-state index is 11.5. The molecular weight excluding hydrogens is 220 g/mol. The first-order valence-corrected chi connectivity index (χ1v) is 5.89. The normalized spacial score (nSPS) is 10.6. The van der Waals surface area contributed by atoms with Crippen LogP contribution in [0.1, 0.15) is 36.7 Å². The number of unbranched alkanes of at least 4 members (excludes halogenated alkanes) is 1. The lowest BCUT2D eigenvalue weighted by Crippen LogP contribution is -2.16. The maximum absolute atomic E-state index is 11.5. The molecule has 0 aliphatic heterocycles. The van der Waals surface area contributed by atoms with Gasteiger partial charge in [-0.2, -0.15) is 5.10 Å². The fourth-order valence-electron chi connectivity index (χ4n) is 1.62. The number of aliphatic hydroxyl groups is 1. The molecule has 1 aromatic heterocycles. The van der Waals surface area contributed by atoms with Crippen LogP contribution in [0.3, 0.4) is 0 Å². The van der Waals surface area contributed by atoms with Crippen LogP contribution in [-0.2, 0) is 22.7 Å². The molecule has 0 aromatic carbocycles. The molecule has 0 unspecified atom stereocenters. The summed E-state index contributed by atoms with van der Waals surface area (Å²) in [5.74, 6) is -0.284. The van der Waals surface area contributed by atoms with Gasteiger partial charge in [0, 0.05) is 11.3 Å². The van der Waals surface area contributed by atoms with Gasteiger partial charge in [0.05, 0.1) is 18.9 Å². The van der Waals surface area contributed by atoms with Crippen LogP contribution < -0.4 is 0 Å². The van der Waals surface area contributed by atoms with E-state index in [0.717, 1.165) is 29.8 Å². The third-order valence-electron chi connectivity index (χ3n) is 2.73. The van der Waals surface area contributed by atoms with E-state index in [0.29, 0.717) is 6.61 Å². The fraction of sp³-hybridized carbons (Fsp3) is 0.667. The summed E-state index contributed by atoms with van der Waals surface area (Å²) in [5, 5.41) is 13.4. The number of carbonyl (C=O) groups is 1. The molecule has 0 saturated carbocycles. The second kappa shape index (κ2) is 6.39. The van der Waals surface area contributed by atoms with Crippen molar-refractivity contribution in [1.82, 2.24) is 9.78 Å². The van der Waals surface area contributed by atoms with E-state index in [4.69, 9.17) is 9.84 Å². The minimum atomic E-state index is -0.284. The average molecular weight is 240 g/mol. The summed E-state index contributed by atoms with van der Waals surface area (Å²) in [6.07, 6.45) is 1.88. The second-order valence-corrected chi connectivity index (χ2v) is 4.04. The highest BCUT2D eigenvalue weighted by atomic mass is 16.5. The first-order chi connectivity index (χ1) is 8.10. The van der Waals surface area contributed by atoms with Gasteiger partial charge in [-0.3, -0.25) is 9.48 Å². The molecule has 0 aliphatic rings. The van der Waals surface area contributed by atoms with Gasteiger partial charge in [0.25, 0.3) is 0 Å². The molecule has 0 bridgehead atoms. The molecule has 1 N–H and O–H groups in total. The van der Waals surface area contributed by atoms with E-state index in [1.165, 1.54) is 0 Å². The Bertz CT molecular complexity index is 385. The monoisotopic (exact) mass is 240 g/mol. The van der Waals surface area contributed by atoms with Gasteiger partial charge in [0.2, 0.25) is 0 Å². The Labute approximate surface area is 101 Å². The molecule has 0 fully saturated rings. The lowest BCUT2D eigenvalue weighted by atomic mass is 10.2. The van der Waals surface area contributed by atoms with Crippen molar-refractivity contribution in [2.24, 2.45) is 0 Å². The second-order valence-electron chi connectivity index (χ2n) is 4.04. The van der Waals surface area contributed by atoms with Crippen LogP contribution in [0.5, 0.6) is 0 Å². The van der Waals surface area contributed by atoms with E-state index in [9.17, 15) is 4.79 Å². The van der Waals surface area contributed by atoms with Crippen LogP contribution in [0.15, 0.2) is 0 Å². The summed E-state index contributed by atoms with van der Waals surface area (Å²) in [7, 11) is 0. The molecule has 0 aliphatic carbocycles. The maximum Gasteiger partial charge on any atom is 0.327 e. The topological polar surface area (TPSA) is 64.4 Å². The zero-order valence-electron chi connectivity index (χ0n) is 10.7. The first-order valence-electron chi connectivity index (χ1n) is 5.89. The van der Waals surface area contributed by atoms with Crippen LogP contribution in [0.4, 0.5) is 0 Å². The number of aromatic nitrogens is 2. The average Bonchev–Trinajstić information content (AvgIpc) is 2.54. The Morgan fingerprint density at radius 2 is 2.18 bits per heavy atom. The standard InChI is InChI=1S/C12H20N2O3/c1-4-5-6-17-12(16)7-14-10(3)11(8-15)9(2)13-14/h15H,4-8H2,1-3H3. The molecule has 0 atom stereocenters. The number of aliphatic hydroxyl groups excluding tert-OH is 1. The van der Waals surface area contributed by atoms with E-state index in [2.05, 4.69) is 5.10 Å². The Balaban J connectivity index is 2.59. The quantitative estimate of drug-likeness (QED) is 0.602.